The molecule has 26 heavy (non-hydrogen) atoms. The third kappa shape index (κ3) is 3.93. The number of rotatable bonds is 4. The van der Waals surface area contributed by atoms with Crippen molar-refractivity contribution in [3.05, 3.63) is 29.8 Å². The van der Waals surface area contributed by atoms with Gasteiger partial charge in [0.05, 0.1) is 0 Å². The molecule has 2 aliphatic heterocycles. The van der Waals surface area contributed by atoms with Crippen LogP contribution in [0.15, 0.2) is 24.3 Å². The highest BCUT2D eigenvalue weighted by Gasteiger charge is 2.45. The molecule has 3 aliphatic rings. The van der Waals surface area contributed by atoms with Crippen molar-refractivity contribution < 1.29 is 9.59 Å². The van der Waals surface area contributed by atoms with Crippen LogP contribution in [0.25, 0.3) is 0 Å². The van der Waals surface area contributed by atoms with Gasteiger partial charge in [-0.15, -0.1) is 0 Å². The molecular weight excluding hydrogens is 326 g/mol. The van der Waals surface area contributed by atoms with Crippen molar-refractivity contribution in [2.75, 3.05) is 25.0 Å². The lowest BCUT2D eigenvalue weighted by molar-refractivity contribution is -0.140. The Morgan fingerprint density at radius 1 is 1.19 bits per heavy atom. The summed E-state index contributed by atoms with van der Waals surface area (Å²) in [7, 11) is 0. The molecule has 5 heteroatoms. The van der Waals surface area contributed by atoms with E-state index < -0.39 is 0 Å². The Bertz CT molecular complexity index is 683. The van der Waals surface area contributed by atoms with Crippen LogP contribution in [-0.2, 0) is 16.1 Å². The molecule has 4 rings (SSSR count). The highest BCUT2D eigenvalue weighted by atomic mass is 16.2. The molecule has 1 saturated carbocycles. The minimum Gasteiger partial charge on any atom is -0.339 e. The summed E-state index contributed by atoms with van der Waals surface area (Å²) in [5.74, 6) is 0.339. The van der Waals surface area contributed by atoms with Crippen molar-refractivity contribution in [1.29, 1.82) is 0 Å². The molecule has 1 aromatic carbocycles. The summed E-state index contributed by atoms with van der Waals surface area (Å²) in [5.41, 5.74) is 2.43. The van der Waals surface area contributed by atoms with Gasteiger partial charge in [0.1, 0.15) is 0 Å². The van der Waals surface area contributed by atoms with E-state index in [4.69, 9.17) is 0 Å². The lowest BCUT2D eigenvalue weighted by Crippen LogP contribution is -2.54. The SMILES string of the molecule is CC(=O)Nc1ccc(CN2CCCC3(CCC(=O)N(C4CC4)C3)C2)cc1. The molecule has 1 aromatic rings. The van der Waals surface area contributed by atoms with E-state index in [1.807, 2.05) is 12.1 Å². The molecular formula is C21H29N3O2. The average molecular weight is 355 g/mol. The molecule has 1 unspecified atom stereocenters. The first-order valence-electron chi connectivity index (χ1n) is 9.91. The van der Waals surface area contributed by atoms with Gasteiger partial charge in [-0.25, -0.2) is 0 Å². The number of anilines is 1. The number of likely N-dealkylation sites (tertiary alicyclic amines) is 2. The molecule has 140 valence electrons. The van der Waals surface area contributed by atoms with Gasteiger partial charge >= 0.3 is 0 Å². The molecule has 3 fully saturated rings. The fourth-order valence-corrected chi connectivity index (χ4v) is 4.70. The molecule has 0 bridgehead atoms. The van der Waals surface area contributed by atoms with Crippen LogP contribution < -0.4 is 5.32 Å². The molecule has 0 radical (unpaired) electrons. The van der Waals surface area contributed by atoms with Crippen LogP contribution in [0.4, 0.5) is 5.69 Å². The highest BCUT2D eigenvalue weighted by molar-refractivity contribution is 5.88. The Labute approximate surface area is 155 Å². The normalized spacial score (nSPS) is 27.0. The molecule has 1 spiro atoms. The van der Waals surface area contributed by atoms with E-state index in [1.54, 1.807) is 0 Å². The van der Waals surface area contributed by atoms with Crippen molar-refractivity contribution in [3.8, 4) is 0 Å². The van der Waals surface area contributed by atoms with Gasteiger partial charge in [-0.3, -0.25) is 14.5 Å². The highest BCUT2D eigenvalue weighted by Crippen LogP contribution is 2.42. The van der Waals surface area contributed by atoms with E-state index in [0.29, 0.717) is 17.4 Å². The number of nitrogens with one attached hydrogen (secondary N) is 1. The van der Waals surface area contributed by atoms with Crippen molar-refractivity contribution in [1.82, 2.24) is 9.80 Å². The van der Waals surface area contributed by atoms with Crippen LogP contribution >= 0.6 is 0 Å². The van der Waals surface area contributed by atoms with Gasteiger partial charge in [0.15, 0.2) is 0 Å². The molecule has 1 atom stereocenters. The monoisotopic (exact) mass is 355 g/mol. The minimum atomic E-state index is -0.0391. The largest absolute Gasteiger partial charge is 0.339 e. The number of hydrogen-bond donors (Lipinski definition) is 1. The van der Waals surface area contributed by atoms with Crippen LogP contribution in [0.2, 0.25) is 0 Å². The first-order chi connectivity index (χ1) is 12.5. The van der Waals surface area contributed by atoms with Crippen molar-refractivity contribution in [3.63, 3.8) is 0 Å². The Kier molecular flexibility index (Phi) is 4.74. The summed E-state index contributed by atoms with van der Waals surface area (Å²) in [6, 6.07) is 8.70. The maximum atomic E-state index is 12.3. The maximum absolute atomic E-state index is 12.3. The lowest BCUT2D eigenvalue weighted by atomic mass is 9.73. The Balaban J connectivity index is 1.39. The first kappa shape index (κ1) is 17.5. The van der Waals surface area contributed by atoms with Crippen molar-refractivity contribution >= 4 is 17.5 Å². The predicted molar refractivity (Wildman–Crippen MR) is 102 cm³/mol. The van der Waals surface area contributed by atoms with E-state index >= 15 is 0 Å². The number of piperidine rings is 2. The molecule has 0 aromatic heterocycles. The molecule has 5 nitrogen and oxygen atoms in total. The van der Waals surface area contributed by atoms with Gasteiger partial charge in [-0.2, -0.15) is 0 Å². The summed E-state index contributed by atoms with van der Waals surface area (Å²) in [4.78, 5) is 28.1. The van der Waals surface area contributed by atoms with Crippen molar-refractivity contribution in [2.24, 2.45) is 5.41 Å². The number of hydrogen-bond acceptors (Lipinski definition) is 3. The van der Waals surface area contributed by atoms with E-state index in [9.17, 15) is 9.59 Å². The standard InChI is InChI=1S/C21H29N3O2/c1-16(25)22-18-5-3-17(4-6-18)13-23-12-2-10-21(14-23)11-9-20(26)24(15-21)19-7-8-19/h3-6,19H,2,7-15H2,1H3,(H,22,25). The smallest absolute Gasteiger partial charge is 0.222 e. The van der Waals surface area contributed by atoms with E-state index in [1.165, 1.54) is 38.2 Å². The zero-order chi connectivity index (χ0) is 18.1. The van der Waals surface area contributed by atoms with Crippen molar-refractivity contribution in [2.45, 2.75) is 58.0 Å². The number of carbonyl (C=O) groups excluding carboxylic acids is 2. The molecule has 2 saturated heterocycles. The number of nitrogens with zero attached hydrogens (tertiary/aromatic N) is 2. The Morgan fingerprint density at radius 2 is 1.96 bits per heavy atom. The van der Waals surface area contributed by atoms with Gasteiger partial charge in [-0.05, 0) is 56.3 Å². The summed E-state index contributed by atoms with van der Waals surface area (Å²) in [5, 5.41) is 2.82. The number of carbonyl (C=O) groups is 2. The third-order valence-corrected chi connectivity index (χ3v) is 6.10. The molecule has 2 heterocycles. The zero-order valence-electron chi connectivity index (χ0n) is 15.7. The van der Waals surface area contributed by atoms with E-state index in [2.05, 4.69) is 27.2 Å². The Morgan fingerprint density at radius 3 is 2.65 bits per heavy atom. The van der Waals surface area contributed by atoms with Gasteiger partial charge in [0.25, 0.3) is 0 Å². The summed E-state index contributed by atoms with van der Waals surface area (Å²) < 4.78 is 0. The van der Waals surface area contributed by atoms with Crippen LogP contribution in [0.1, 0.15) is 51.0 Å². The number of benzene rings is 1. The Hall–Kier alpha value is -1.88. The van der Waals surface area contributed by atoms with Gasteiger partial charge < -0.3 is 10.2 Å². The first-order valence-corrected chi connectivity index (χ1v) is 9.91. The van der Waals surface area contributed by atoms with Crippen LogP contribution in [-0.4, -0.2) is 47.3 Å². The van der Waals surface area contributed by atoms with Crippen LogP contribution in [0.3, 0.4) is 0 Å². The predicted octanol–water partition coefficient (Wildman–Crippen LogP) is 3.01. The summed E-state index contributed by atoms with van der Waals surface area (Å²) in [6.45, 7) is 5.67. The lowest BCUT2D eigenvalue weighted by Gasteiger charge is -2.48. The molecule has 2 amide bonds. The second-order valence-electron chi connectivity index (χ2n) is 8.45. The second-order valence-corrected chi connectivity index (χ2v) is 8.45. The average Bonchev–Trinajstić information content (AvgIpc) is 3.44. The quantitative estimate of drug-likeness (QED) is 0.903. The fourth-order valence-electron chi connectivity index (χ4n) is 4.70. The second kappa shape index (κ2) is 7.03. The van der Waals surface area contributed by atoms with Gasteiger partial charge in [0, 0.05) is 50.1 Å². The minimum absolute atomic E-state index is 0.0391. The van der Waals surface area contributed by atoms with Crippen LogP contribution in [0.5, 0.6) is 0 Å². The third-order valence-electron chi connectivity index (χ3n) is 6.10. The zero-order valence-corrected chi connectivity index (χ0v) is 15.7. The van der Waals surface area contributed by atoms with Crippen LogP contribution in [0, 0.1) is 5.41 Å². The van der Waals surface area contributed by atoms with E-state index in [0.717, 1.165) is 44.7 Å². The van der Waals surface area contributed by atoms with E-state index in [-0.39, 0.29) is 5.91 Å². The molecule has 1 N–H and O–H groups in total. The van der Waals surface area contributed by atoms with Gasteiger partial charge in [-0.1, -0.05) is 12.1 Å². The summed E-state index contributed by atoms with van der Waals surface area (Å²) >= 11 is 0. The maximum Gasteiger partial charge on any atom is 0.222 e. The number of amides is 2. The fraction of sp³-hybridized carbons (Fsp3) is 0.619. The molecule has 1 aliphatic carbocycles. The summed E-state index contributed by atoms with van der Waals surface area (Å²) in [6.07, 6.45) is 6.65. The van der Waals surface area contributed by atoms with Gasteiger partial charge in [0.2, 0.25) is 11.8 Å². The topological polar surface area (TPSA) is 52.7 Å².